The first kappa shape index (κ1) is 22.4. The standard InChI is InChI=1S/C26H22N4O2S2/c27-15-16-29(18-9-3-1-4-10-18)22(31)17-33-26-28-24-23(20-13-7-8-14-21(20)34-24)25(32)30(26)19-11-5-2-6-12-19/h1-6,9-12H,7-8,13-14,16-17H2. The molecule has 1 aliphatic rings. The molecule has 6 nitrogen and oxygen atoms in total. The van der Waals surface area contributed by atoms with Gasteiger partial charge in [0.2, 0.25) is 5.91 Å². The Hall–Kier alpha value is -3.41. The van der Waals surface area contributed by atoms with Crippen molar-refractivity contribution in [3.63, 3.8) is 0 Å². The molecule has 2 heterocycles. The normalized spacial score (nSPS) is 12.8. The minimum atomic E-state index is -0.211. The molecule has 1 aliphatic carbocycles. The smallest absolute Gasteiger partial charge is 0.267 e. The minimum Gasteiger partial charge on any atom is -0.298 e. The number of amides is 1. The lowest BCUT2D eigenvalue weighted by Gasteiger charge is -2.20. The first-order valence-electron chi connectivity index (χ1n) is 11.1. The van der Waals surface area contributed by atoms with E-state index in [0.29, 0.717) is 10.8 Å². The third kappa shape index (κ3) is 4.25. The maximum absolute atomic E-state index is 13.8. The predicted octanol–water partition coefficient (Wildman–Crippen LogP) is 4.97. The van der Waals surface area contributed by atoms with Crippen LogP contribution in [0.1, 0.15) is 23.3 Å². The first-order chi connectivity index (χ1) is 16.7. The number of hydrogen-bond acceptors (Lipinski definition) is 6. The molecule has 0 spiro atoms. The summed E-state index contributed by atoms with van der Waals surface area (Å²) in [5.74, 6) is -0.149. The molecule has 34 heavy (non-hydrogen) atoms. The van der Waals surface area contributed by atoms with Gasteiger partial charge >= 0.3 is 0 Å². The van der Waals surface area contributed by atoms with Crippen LogP contribution in [0.25, 0.3) is 15.9 Å². The Morgan fingerprint density at radius 2 is 1.79 bits per heavy atom. The van der Waals surface area contributed by atoms with Gasteiger partial charge in [-0.1, -0.05) is 48.2 Å². The van der Waals surface area contributed by atoms with Gasteiger partial charge in [0.05, 0.1) is 22.9 Å². The number of aryl methyl sites for hydroxylation is 2. The molecule has 8 heteroatoms. The number of nitriles is 1. The minimum absolute atomic E-state index is 0.0427. The van der Waals surface area contributed by atoms with Crippen molar-refractivity contribution in [1.29, 1.82) is 5.26 Å². The monoisotopic (exact) mass is 486 g/mol. The lowest BCUT2D eigenvalue weighted by molar-refractivity contribution is -0.116. The van der Waals surface area contributed by atoms with E-state index in [1.165, 1.54) is 21.5 Å². The van der Waals surface area contributed by atoms with Crippen molar-refractivity contribution in [3.05, 3.63) is 81.5 Å². The predicted molar refractivity (Wildman–Crippen MR) is 137 cm³/mol. The number of anilines is 1. The highest BCUT2D eigenvalue weighted by Crippen LogP contribution is 2.35. The molecule has 2 aromatic heterocycles. The van der Waals surface area contributed by atoms with Crippen molar-refractivity contribution in [1.82, 2.24) is 9.55 Å². The fourth-order valence-electron chi connectivity index (χ4n) is 4.29. The number of thioether (sulfide) groups is 1. The summed E-state index contributed by atoms with van der Waals surface area (Å²) in [4.78, 5) is 35.2. The Morgan fingerprint density at radius 1 is 1.09 bits per heavy atom. The number of carbonyl (C=O) groups excluding carboxylic acids is 1. The van der Waals surface area contributed by atoms with E-state index in [2.05, 4.69) is 6.07 Å². The lowest BCUT2D eigenvalue weighted by atomic mass is 9.97. The van der Waals surface area contributed by atoms with Crippen LogP contribution in [0, 0.1) is 11.3 Å². The van der Waals surface area contributed by atoms with Crippen LogP contribution in [-0.2, 0) is 17.6 Å². The van der Waals surface area contributed by atoms with Gasteiger partial charge in [-0.15, -0.1) is 11.3 Å². The summed E-state index contributed by atoms with van der Waals surface area (Å²) in [6, 6.07) is 20.7. The third-order valence-electron chi connectivity index (χ3n) is 5.90. The van der Waals surface area contributed by atoms with Crippen LogP contribution in [0.5, 0.6) is 0 Å². The number of thiophene rings is 1. The van der Waals surface area contributed by atoms with Crippen LogP contribution in [0.15, 0.2) is 70.6 Å². The molecule has 0 saturated carbocycles. The van der Waals surface area contributed by atoms with E-state index in [0.717, 1.165) is 47.2 Å². The molecule has 0 unspecified atom stereocenters. The van der Waals surface area contributed by atoms with Crippen molar-refractivity contribution >= 4 is 44.9 Å². The highest BCUT2D eigenvalue weighted by Gasteiger charge is 2.24. The Balaban J connectivity index is 1.54. The van der Waals surface area contributed by atoms with E-state index >= 15 is 0 Å². The maximum atomic E-state index is 13.8. The number of para-hydroxylation sites is 2. The Kier molecular flexibility index (Phi) is 6.48. The summed E-state index contributed by atoms with van der Waals surface area (Å²) in [5, 5.41) is 10.5. The average Bonchev–Trinajstić information content (AvgIpc) is 3.25. The molecule has 0 radical (unpaired) electrons. The first-order valence-corrected chi connectivity index (χ1v) is 13.0. The molecule has 4 aromatic rings. The molecular weight excluding hydrogens is 464 g/mol. The third-order valence-corrected chi connectivity index (χ3v) is 8.00. The summed E-state index contributed by atoms with van der Waals surface area (Å²) < 4.78 is 1.62. The number of rotatable bonds is 6. The number of hydrogen-bond donors (Lipinski definition) is 0. The molecule has 0 N–H and O–H groups in total. The van der Waals surface area contributed by atoms with Gasteiger partial charge in [-0.2, -0.15) is 5.26 Å². The number of carbonyl (C=O) groups is 1. The van der Waals surface area contributed by atoms with E-state index < -0.39 is 0 Å². The fourth-order valence-corrected chi connectivity index (χ4v) is 6.49. The second-order valence-corrected chi connectivity index (χ2v) is 10.0. The van der Waals surface area contributed by atoms with E-state index in [9.17, 15) is 14.9 Å². The van der Waals surface area contributed by atoms with E-state index in [1.54, 1.807) is 28.0 Å². The van der Waals surface area contributed by atoms with Crippen molar-refractivity contribution in [2.45, 2.75) is 30.8 Å². The van der Waals surface area contributed by atoms with Crippen molar-refractivity contribution < 1.29 is 4.79 Å². The number of aromatic nitrogens is 2. The van der Waals surface area contributed by atoms with Crippen LogP contribution in [0.2, 0.25) is 0 Å². The Morgan fingerprint density at radius 3 is 2.53 bits per heavy atom. The van der Waals surface area contributed by atoms with Gasteiger partial charge in [0, 0.05) is 10.6 Å². The van der Waals surface area contributed by atoms with Crippen LogP contribution in [0.3, 0.4) is 0 Å². The topological polar surface area (TPSA) is 79.0 Å². The van der Waals surface area contributed by atoms with Crippen LogP contribution < -0.4 is 10.5 Å². The van der Waals surface area contributed by atoms with Crippen molar-refractivity contribution in [2.24, 2.45) is 0 Å². The molecule has 170 valence electrons. The molecule has 0 saturated heterocycles. The number of benzene rings is 2. The summed E-state index contributed by atoms with van der Waals surface area (Å²) in [7, 11) is 0. The summed E-state index contributed by atoms with van der Waals surface area (Å²) in [6.07, 6.45) is 4.12. The molecule has 1 amide bonds. The summed E-state index contributed by atoms with van der Waals surface area (Å²) in [6.45, 7) is -0.0427. The Bertz CT molecular complexity index is 1440. The largest absolute Gasteiger partial charge is 0.298 e. The maximum Gasteiger partial charge on any atom is 0.267 e. The van der Waals surface area contributed by atoms with Crippen LogP contribution in [0.4, 0.5) is 5.69 Å². The van der Waals surface area contributed by atoms with Gasteiger partial charge in [-0.3, -0.25) is 19.1 Å². The highest BCUT2D eigenvalue weighted by molar-refractivity contribution is 7.99. The van der Waals surface area contributed by atoms with E-state index in [-0.39, 0.29) is 23.8 Å². The van der Waals surface area contributed by atoms with Gasteiger partial charge in [-0.25, -0.2) is 4.98 Å². The SMILES string of the molecule is N#CCN(C(=O)CSc1nc2sc3c(c2c(=O)n1-c1ccccc1)CCCC3)c1ccccc1. The number of fused-ring (bicyclic) bond motifs is 3. The molecule has 0 fully saturated rings. The quantitative estimate of drug-likeness (QED) is 0.218. The number of nitrogens with zero attached hydrogens (tertiary/aromatic N) is 4. The molecule has 5 rings (SSSR count). The molecular formula is C26H22N4O2S2. The summed E-state index contributed by atoms with van der Waals surface area (Å²) in [5.41, 5.74) is 2.46. The zero-order valence-electron chi connectivity index (χ0n) is 18.4. The van der Waals surface area contributed by atoms with Crippen LogP contribution >= 0.6 is 23.1 Å². The average molecular weight is 487 g/mol. The zero-order valence-corrected chi connectivity index (χ0v) is 20.1. The summed E-state index contributed by atoms with van der Waals surface area (Å²) >= 11 is 2.83. The Labute approximate surface area is 205 Å². The van der Waals surface area contributed by atoms with Gasteiger partial charge in [0.1, 0.15) is 11.4 Å². The zero-order chi connectivity index (χ0) is 23.5. The second-order valence-electron chi connectivity index (χ2n) is 8.02. The second kappa shape index (κ2) is 9.84. The van der Waals surface area contributed by atoms with Gasteiger partial charge in [-0.05, 0) is 55.5 Å². The molecule has 0 atom stereocenters. The van der Waals surface area contributed by atoms with Crippen molar-refractivity contribution in [2.75, 3.05) is 17.2 Å². The molecule has 0 bridgehead atoms. The van der Waals surface area contributed by atoms with E-state index in [1.807, 2.05) is 48.5 Å². The van der Waals surface area contributed by atoms with Crippen molar-refractivity contribution in [3.8, 4) is 11.8 Å². The molecule has 2 aromatic carbocycles. The van der Waals surface area contributed by atoms with Gasteiger partial charge < -0.3 is 0 Å². The highest BCUT2D eigenvalue weighted by atomic mass is 32.2. The van der Waals surface area contributed by atoms with Crippen LogP contribution in [-0.4, -0.2) is 27.8 Å². The van der Waals surface area contributed by atoms with Gasteiger partial charge in [0.15, 0.2) is 5.16 Å². The lowest BCUT2D eigenvalue weighted by Crippen LogP contribution is -2.33. The molecule has 0 aliphatic heterocycles. The van der Waals surface area contributed by atoms with Gasteiger partial charge in [0.25, 0.3) is 5.56 Å². The van der Waals surface area contributed by atoms with E-state index in [4.69, 9.17) is 4.98 Å². The fraction of sp³-hybridized carbons (Fsp3) is 0.231.